The SMILES string of the molecule is CC(C)C(CN)C(O)C1CCCCCCC1. The van der Waals surface area contributed by atoms with Crippen LogP contribution < -0.4 is 5.73 Å². The van der Waals surface area contributed by atoms with Crippen molar-refractivity contribution in [2.75, 3.05) is 6.54 Å². The van der Waals surface area contributed by atoms with Crippen LogP contribution in [0.15, 0.2) is 0 Å². The lowest BCUT2D eigenvalue weighted by Crippen LogP contribution is -2.37. The van der Waals surface area contributed by atoms with Crippen molar-refractivity contribution >= 4 is 0 Å². The summed E-state index contributed by atoms with van der Waals surface area (Å²) < 4.78 is 0. The monoisotopic (exact) mass is 227 g/mol. The maximum atomic E-state index is 10.4. The van der Waals surface area contributed by atoms with Crippen LogP contribution in [0, 0.1) is 17.8 Å². The number of hydrogen-bond donors (Lipinski definition) is 2. The quantitative estimate of drug-likeness (QED) is 0.775. The summed E-state index contributed by atoms with van der Waals surface area (Å²) in [6, 6.07) is 0. The maximum absolute atomic E-state index is 10.4. The maximum Gasteiger partial charge on any atom is 0.0611 e. The molecule has 0 radical (unpaired) electrons. The normalized spacial score (nSPS) is 23.8. The first-order chi connectivity index (χ1) is 7.66. The zero-order valence-electron chi connectivity index (χ0n) is 11.0. The average molecular weight is 227 g/mol. The number of nitrogens with two attached hydrogens (primary N) is 1. The van der Waals surface area contributed by atoms with Gasteiger partial charge in [0.2, 0.25) is 0 Å². The zero-order valence-corrected chi connectivity index (χ0v) is 11.0. The van der Waals surface area contributed by atoms with Gasteiger partial charge in [-0.05, 0) is 37.1 Å². The number of aliphatic hydroxyl groups excluding tert-OH is 1. The minimum atomic E-state index is -0.178. The van der Waals surface area contributed by atoms with E-state index in [1.54, 1.807) is 0 Å². The highest BCUT2D eigenvalue weighted by Crippen LogP contribution is 2.30. The van der Waals surface area contributed by atoms with Crippen molar-refractivity contribution in [1.29, 1.82) is 0 Å². The number of aliphatic hydroxyl groups is 1. The fourth-order valence-corrected chi connectivity index (χ4v) is 2.98. The van der Waals surface area contributed by atoms with Crippen molar-refractivity contribution < 1.29 is 5.11 Å². The Morgan fingerprint density at radius 2 is 1.56 bits per heavy atom. The van der Waals surface area contributed by atoms with Crippen molar-refractivity contribution in [1.82, 2.24) is 0 Å². The van der Waals surface area contributed by atoms with Crippen molar-refractivity contribution in [3.05, 3.63) is 0 Å². The van der Waals surface area contributed by atoms with Gasteiger partial charge in [0, 0.05) is 0 Å². The van der Waals surface area contributed by atoms with Crippen LogP contribution >= 0.6 is 0 Å². The Bertz CT molecular complexity index is 174. The van der Waals surface area contributed by atoms with Gasteiger partial charge in [-0.2, -0.15) is 0 Å². The molecule has 0 aliphatic heterocycles. The molecule has 0 saturated heterocycles. The van der Waals surface area contributed by atoms with Gasteiger partial charge in [-0.1, -0.05) is 46.0 Å². The van der Waals surface area contributed by atoms with E-state index in [0.29, 0.717) is 18.4 Å². The molecule has 1 saturated carbocycles. The molecule has 2 heteroatoms. The van der Waals surface area contributed by atoms with Crippen LogP contribution in [0.2, 0.25) is 0 Å². The molecule has 0 aromatic carbocycles. The third-order valence-corrected chi connectivity index (χ3v) is 4.20. The predicted octanol–water partition coefficient (Wildman–Crippen LogP) is 2.94. The van der Waals surface area contributed by atoms with E-state index in [0.717, 1.165) is 0 Å². The number of rotatable bonds is 4. The fraction of sp³-hybridized carbons (Fsp3) is 1.00. The second kappa shape index (κ2) is 7.29. The highest BCUT2D eigenvalue weighted by molar-refractivity contribution is 4.80. The van der Waals surface area contributed by atoms with E-state index in [1.165, 1.54) is 44.9 Å². The summed E-state index contributed by atoms with van der Waals surface area (Å²) in [6.07, 6.45) is 8.87. The Kier molecular flexibility index (Phi) is 6.37. The summed E-state index contributed by atoms with van der Waals surface area (Å²) in [7, 11) is 0. The first-order valence-electron chi connectivity index (χ1n) is 7.05. The van der Waals surface area contributed by atoms with E-state index < -0.39 is 0 Å². The highest BCUT2D eigenvalue weighted by Gasteiger charge is 2.28. The Hall–Kier alpha value is -0.0800. The molecule has 3 N–H and O–H groups in total. The summed E-state index contributed by atoms with van der Waals surface area (Å²) in [6.45, 7) is 4.96. The van der Waals surface area contributed by atoms with Gasteiger partial charge in [0.05, 0.1) is 6.10 Å². The molecule has 96 valence electrons. The molecule has 1 rings (SSSR count). The molecule has 1 fully saturated rings. The van der Waals surface area contributed by atoms with Crippen molar-refractivity contribution in [2.45, 2.75) is 64.9 Å². The van der Waals surface area contributed by atoms with Crippen LogP contribution in [0.3, 0.4) is 0 Å². The molecular weight excluding hydrogens is 198 g/mol. The van der Waals surface area contributed by atoms with Crippen LogP contribution in [0.4, 0.5) is 0 Å². The summed E-state index contributed by atoms with van der Waals surface area (Å²) in [4.78, 5) is 0. The molecule has 1 aliphatic carbocycles. The zero-order chi connectivity index (χ0) is 12.0. The standard InChI is InChI=1S/C14H29NO/c1-11(2)13(10-15)14(16)12-8-6-4-3-5-7-9-12/h11-14,16H,3-10,15H2,1-2H3. The molecular formula is C14H29NO. The molecule has 1 aliphatic rings. The van der Waals surface area contributed by atoms with Gasteiger partial charge in [-0.3, -0.25) is 0 Å². The van der Waals surface area contributed by atoms with Crippen LogP contribution in [-0.4, -0.2) is 17.8 Å². The summed E-state index contributed by atoms with van der Waals surface area (Å²) >= 11 is 0. The van der Waals surface area contributed by atoms with E-state index in [2.05, 4.69) is 13.8 Å². The highest BCUT2D eigenvalue weighted by atomic mass is 16.3. The largest absolute Gasteiger partial charge is 0.392 e. The van der Waals surface area contributed by atoms with Crippen molar-refractivity contribution in [3.8, 4) is 0 Å². The van der Waals surface area contributed by atoms with Crippen molar-refractivity contribution in [2.24, 2.45) is 23.5 Å². The summed E-state index contributed by atoms with van der Waals surface area (Å²) in [5.41, 5.74) is 5.79. The lowest BCUT2D eigenvalue weighted by molar-refractivity contribution is 0.0230. The topological polar surface area (TPSA) is 46.2 Å². The van der Waals surface area contributed by atoms with Gasteiger partial charge in [0.15, 0.2) is 0 Å². The smallest absolute Gasteiger partial charge is 0.0611 e. The third kappa shape index (κ3) is 4.06. The van der Waals surface area contributed by atoms with Gasteiger partial charge in [0.1, 0.15) is 0 Å². The first kappa shape index (κ1) is 14.0. The van der Waals surface area contributed by atoms with Crippen LogP contribution in [-0.2, 0) is 0 Å². The molecule has 0 amide bonds. The predicted molar refractivity (Wildman–Crippen MR) is 69.2 cm³/mol. The molecule has 0 aromatic heterocycles. The molecule has 0 spiro atoms. The van der Waals surface area contributed by atoms with E-state index in [-0.39, 0.29) is 12.0 Å². The van der Waals surface area contributed by atoms with E-state index in [9.17, 15) is 5.11 Å². The van der Waals surface area contributed by atoms with Gasteiger partial charge in [-0.15, -0.1) is 0 Å². The molecule has 0 aromatic rings. The average Bonchev–Trinajstić information content (AvgIpc) is 2.16. The molecule has 2 nitrogen and oxygen atoms in total. The summed E-state index contributed by atoms with van der Waals surface area (Å²) in [5, 5.41) is 10.4. The lowest BCUT2D eigenvalue weighted by atomic mass is 9.78. The third-order valence-electron chi connectivity index (χ3n) is 4.20. The summed E-state index contributed by atoms with van der Waals surface area (Å²) in [5.74, 6) is 1.27. The Morgan fingerprint density at radius 1 is 1.06 bits per heavy atom. The second-order valence-electron chi connectivity index (χ2n) is 5.74. The minimum Gasteiger partial charge on any atom is -0.392 e. The van der Waals surface area contributed by atoms with E-state index in [1.807, 2.05) is 0 Å². The Balaban J connectivity index is 2.51. The minimum absolute atomic E-state index is 0.178. The first-order valence-corrected chi connectivity index (χ1v) is 7.05. The van der Waals surface area contributed by atoms with E-state index >= 15 is 0 Å². The van der Waals surface area contributed by atoms with Gasteiger partial charge >= 0.3 is 0 Å². The lowest BCUT2D eigenvalue weighted by Gasteiger charge is -2.32. The second-order valence-corrected chi connectivity index (χ2v) is 5.74. The Morgan fingerprint density at radius 3 is 2.00 bits per heavy atom. The molecule has 2 atom stereocenters. The van der Waals surface area contributed by atoms with Crippen molar-refractivity contribution in [3.63, 3.8) is 0 Å². The van der Waals surface area contributed by atoms with E-state index in [4.69, 9.17) is 5.73 Å². The fourth-order valence-electron chi connectivity index (χ4n) is 2.98. The van der Waals surface area contributed by atoms with Crippen LogP contribution in [0.1, 0.15) is 58.8 Å². The molecule has 0 heterocycles. The Labute approximate surface area is 101 Å². The molecule has 2 unspecified atom stereocenters. The van der Waals surface area contributed by atoms with Crippen LogP contribution in [0.25, 0.3) is 0 Å². The van der Waals surface area contributed by atoms with Gasteiger partial charge in [-0.25, -0.2) is 0 Å². The van der Waals surface area contributed by atoms with Crippen LogP contribution in [0.5, 0.6) is 0 Å². The van der Waals surface area contributed by atoms with Gasteiger partial charge in [0.25, 0.3) is 0 Å². The number of hydrogen-bond acceptors (Lipinski definition) is 2. The molecule has 0 bridgehead atoms. The van der Waals surface area contributed by atoms with Gasteiger partial charge < -0.3 is 10.8 Å². The molecule has 16 heavy (non-hydrogen) atoms.